The normalized spacial score (nSPS) is 26.6. The molecule has 9 heteroatoms. The number of ether oxygens (including phenoxy) is 2. The Morgan fingerprint density at radius 2 is 1.89 bits per heavy atom. The molecule has 190 valence electrons. The van der Waals surface area contributed by atoms with Crippen LogP contribution in [0.1, 0.15) is 68.1 Å². The molecule has 0 aromatic heterocycles. The molecule has 9 nitrogen and oxygen atoms in total. The summed E-state index contributed by atoms with van der Waals surface area (Å²) in [6.07, 6.45) is 8.01. The van der Waals surface area contributed by atoms with E-state index < -0.39 is 0 Å². The Labute approximate surface area is 206 Å². The van der Waals surface area contributed by atoms with E-state index in [1.165, 1.54) is 12.8 Å². The fourth-order valence-corrected chi connectivity index (χ4v) is 5.39. The van der Waals surface area contributed by atoms with E-state index in [4.69, 9.17) is 9.47 Å². The third-order valence-corrected chi connectivity index (χ3v) is 7.66. The number of likely N-dealkylation sites (N-methyl/N-ethyl adjacent to an activating group) is 1. The fourth-order valence-electron chi connectivity index (χ4n) is 5.39. The Bertz CT molecular complexity index is 959. The van der Waals surface area contributed by atoms with Crippen LogP contribution in [0.2, 0.25) is 0 Å². The minimum absolute atomic E-state index is 0.0267. The summed E-state index contributed by atoms with van der Waals surface area (Å²) < 4.78 is 12.3. The molecule has 1 aromatic carbocycles. The van der Waals surface area contributed by atoms with Crippen LogP contribution in [0.15, 0.2) is 18.2 Å². The number of anilines is 1. The molecule has 2 aliphatic carbocycles. The van der Waals surface area contributed by atoms with Crippen LogP contribution in [0.5, 0.6) is 5.75 Å². The van der Waals surface area contributed by atoms with E-state index in [-0.39, 0.29) is 42.1 Å². The van der Waals surface area contributed by atoms with Crippen molar-refractivity contribution in [1.29, 1.82) is 0 Å². The van der Waals surface area contributed by atoms with Crippen molar-refractivity contribution in [1.82, 2.24) is 15.5 Å². The molecule has 0 spiro atoms. The number of urea groups is 1. The van der Waals surface area contributed by atoms with Gasteiger partial charge in [0.2, 0.25) is 5.91 Å². The van der Waals surface area contributed by atoms with E-state index in [0.29, 0.717) is 42.4 Å². The van der Waals surface area contributed by atoms with Crippen molar-refractivity contribution in [2.75, 3.05) is 25.5 Å². The standard InChI is InChI=1S/C26H36N4O5/c1-30-21-10-9-19(13-24(31)27-14-16-6-7-16)35-23(21)15-34-22-11-8-18(12-20(22)25(30)32)29-26(33)28-17-4-2-3-5-17/h8,11-12,16-17,19,21,23H,2-7,9-10,13-15H2,1H3,(H,27,31)(H2,28,29,33)/t19-,21-,23-/m1/s1. The van der Waals surface area contributed by atoms with Gasteiger partial charge in [-0.2, -0.15) is 0 Å². The van der Waals surface area contributed by atoms with Gasteiger partial charge < -0.3 is 30.3 Å². The monoisotopic (exact) mass is 484 g/mol. The second kappa shape index (κ2) is 10.4. The molecule has 3 N–H and O–H groups in total. The highest BCUT2D eigenvalue weighted by molar-refractivity contribution is 5.99. The van der Waals surface area contributed by atoms with Crippen LogP contribution in [0.3, 0.4) is 0 Å². The van der Waals surface area contributed by atoms with Crippen LogP contribution in [0.4, 0.5) is 10.5 Å². The number of carbonyl (C=O) groups excluding carboxylic acids is 3. The maximum Gasteiger partial charge on any atom is 0.319 e. The van der Waals surface area contributed by atoms with Gasteiger partial charge in [0.15, 0.2) is 0 Å². The summed E-state index contributed by atoms with van der Waals surface area (Å²) in [6.45, 7) is 1.05. The zero-order valence-electron chi connectivity index (χ0n) is 20.4. The summed E-state index contributed by atoms with van der Waals surface area (Å²) in [5.41, 5.74) is 0.977. The number of nitrogens with one attached hydrogen (secondary N) is 3. The highest BCUT2D eigenvalue weighted by Crippen LogP contribution is 2.33. The van der Waals surface area contributed by atoms with Crippen LogP contribution in [-0.4, -0.2) is 67.2 Å². The summed E-state index contributed by atoms with van der Waals surface area (Å²) in [6, 6.07) is 4.97. The molecule has 2 saturated carbocycles. The predicted octanol–water partition coefficient (Wildman–Crippen LogP) is 3.05. The average molecular weight is 485 g/mol. The lowest BCUT2D eigenvalue weighted by Gasteiger charge is -2.42. The van der Waals surface area contributed by atoms with Gasteiger partial charge in [0.25, 0.3) is 5.91 Å². The van der Waals surface area contributed by atoms with E-state index in [9.17, 15) is 14.4 Å². The SMILES string of the molecule is CN1C(=O)c2cc(NC(=O)NC3CCCC3)ccc2OC[C@H]2O[C@@H](CC(=O)NCC3CC3)CC[C@H]21. The van der Waals surface area contributed by atoms with Gasteiger partial charge in [-0.05, 0) is 62.6 Å². The maximum atomic E-state index is 13.4. The highest BCUT2D eigenvalue weighted by Gasteiger charge is 2.39. The summed E-state index contributed by atoms with van der Waals surface area (Å²) in [5.74, 6) is 0.972. The first-order valence-corrected chi connectivity index (χ1v) is 13.0. The van der Waals surface area contributed by atoms with E-state index in [0.717, 1.165) is 38.6 Å². The number of rotatable bonds is 6. The number of hydrogen-bond donors (Lipinski definition) is 3. The summed E-state index contributed by atoms with van der Waals surface area (Å²) in [5, 5.41) is 8.86. The first kappa shape index (κ1) is 23.9. The lowest BCUT2D eigenvalue weighted by molar-refractivity contribution is -0.134. The number of carbonyl (C=O) groups is 3. The molecule has 5 rings (SSSR count). The van der Waals surface area contributed by atoms with Crippen molar-refractivity contribution >= 4 is 23.5 Å². The summed E-state index contributed by atoms with van der Waals surface area (Å²) in [4.78, 5) is 39.8. The molecule has 0 bridgehead atoms. The molecule has 3 atom stereocenters. The van der Waals surface area contributed by atoms with E-state index in [1.807, 2.05) is 0 Å². The summed E-state index contributed by atoms with van der Waals surface area (Å²) >= 11 is 0. The minimum atomic E-state index is -0.304. The first-order chi connectivity index (χ1) is 17.0. The number of hydrogen-bond acceptors (Lipinski definition) is 5. The zero-order valence-corrected chi connectivity index (χ0v) is 20.4. The van der Waals surface area contributed by atoms with Gasteiger partial charge in [0, 0.05) is 25.3 Å². The molecule has 2 heterocycles. The third-order valence-electron chi connectivity index (χ3n) is 7.66. The van der Waals surface area contributed by atoms with Gasteiger partial charge in [-0.3, -0.25) is 9.59 Å². The van der Waals surface area contributed by atoms with Crippen molar-refractivity contribution < 1.29 is 23.9 Å². The van der Waals surface area contributed by atoms with Crippen molar-refractivity contribution in [3.63, 3.8) is 0 Å². The molecular formula is C26H36N4O5. The van der Waals surface area contributed by atoms with E-state index in [2.05, 4.69) is 16.0 Å². The van der Waals surface area contributed by atoms with Gasteiger partial charge in [-0.25, -0.2) is 4.79 Å². The fraction of sp³-hybridized carbons (Fsp3) is 0.654. The third kappa shape index (κ3) is 5.89. The molecule has 4 aliphatic rings. The van der Waals surface area contributed by atoms with Crippen LogP contribution in [-0.2, 0) is 9.53 Å². The summed E-state index contributed by atoms with van der Waals surface area (Å²) in [7, 11) is 1.79. The smallest absolute Gasteiger partial charge is 0.319 e. The molecule has 2 aliphatic heterocycles. The van der Waals surface area contributed by atoms with Crippen molar-refractivity contribution in [3.8, 4) is 5.75 Å². The van der Waals surface area contributed by atoms with Gasteiger partial charge in [-0.1, -0.05) is 12.8 Å². The topological polar surface area (TPSA) is 109 Å². The van der Waals surface area contributed by atoms with Crippen molar-refractivity contribution in [3.05, 3.63) is 23.8 Å². The maximum absolute atomic E-state index is 13.4. The number of amides is 4. The second-order valence-corrected chi connectivity index (χ2v) is 10.4. The van der Waals surface area contributed by atoms with Crippen LogP contribution < -0.4 is 20.7 Å². The molecule has 1 aromatic rings. The van der Waals surface area contributed by atoms with Gasteiger partial charge in [0.1, 0.15) is 18.5 Å². The van der Waals surface area contributed by atoms with E-state index in [1.54, 1.807) is 30.1 Å². The lowest BCUT2D eigenvalue weighted by Crippen LogP contribution is -2.54. The highest BCUT2D eigenvalue weighted by atomic mass is 16.5. The predicted molar refractivity (Wildman–Crippen MR) is 130 cm³/mol. The lowest BCUT2D eigenvalue weighted by atomic mass is 9.94. The quantitative estimate of drug-likeness (QED) is 0.575. The van der Waals surface area contributed by atoms with Gasteiger partial charge in [0.05, 0.1) is 24.1 Å². The zero-order chi connectivity index (χ0) is 24.4. The largest absolute Gasteiger partial charge is 0.490 e. The number of benzene rings is 1. The Morgan fingerprint density at radius 1 is 1.09 bits per heavy atom. The Balaban J connectivity index is 1.21. The molecule has 1 saturated heterocycles. The molecule has 0 unspecified atom stereocenters. The van der Waals surface area contributed by atoms with E-state index >= 15 is 0 Å². The van der Waals surface area contributed by atoms with Crippen molar-refractivity contribution in [2.45, 2.75) is 82.1 Å². The minimum Gasteiger partial charge on any atom is -0.490 e. The molecule has 4 amide bonds. The van der Waals surface area contributed by atoms with Gasteiger partial charge >= 0.3 is 6.03 Å². The Hall–Kier alpha value is -2.81. The van der Waals surface area contributed by atoms with Crippen LogP contribution in [0, 0.1) is 5.92 Å². The first-order valence-electron chi connectivity index (χ1n) is 13.0. The number of nitrogens with zero attached hydrogens (tertiary/aromatic N) is 1. The van der Waals surface area contributed by atoms with Crippen LogP contribution >= 0.6 is 0 Å². The Kier molecular flexibility index (Phi) is 7.13. The molecule has 35 heavy (non-hydrogen) atoms. The van der Waals surface area contributed by atoms with Crippen LogP contribution in [0.25, 0.3) is 0 Å². The Morgan fingerprint density at radius 3 is 2.66 bits per heavy atom. The molecular weight excluding hydrogens is 448 g/mol. The molecule has 3 fully saturated rings. The average Bonchev–Trinajstić information content (AvgIpc) is 3.54. The van der Waals surface area contributed by atoms with Gasteiger partial charge in [-0.15, -0.1) is 0 Å². The second-order valence-electron chi connectivity index (χ2n) is 10.4. The number of fused-ring (bicyclic) bond motifs is 2. The molecule has 0 radical (unpaired) electrons. The van der Waals surface area contributed by atoms with Crippen molar-refractivity contribution in [2.24, 2.45) is 5.92 Å².